The molecule has 0 bridgehead atoms. The van der Waals surface area contributed by atoms with E-state index >= 15 is 0 Å². The van der Waals surface area contributed by atoms with Crippen LogP contribution in [0, 0.1) is 0 Å². The molecule has 0 fully saturated rings. The van der Waals surface area contributed by atoms with Crippen LogP contribution in [0.3, 0.4) is 0 Å². The van der Waals surface area contributed by atoms with Crippen molar-refractivity contribution in [2.45, 2.75) is 57.3 Å². The van der Waals surface area contributed by atoms with E-state index in [1.54, 1.807) is 0 Å². The zero-order valence-corrected chi connectivity index (χ0v) is 24.3. The van der Waals surface area contributed by atoms with Crippen molar-refractivity contribution in [1.29, 1.82) is 0 Å². The Morgan fingerprint density at radius 1 is 0.732 bits per heavy atom. The van der Waals surface area contributed by atoms with Crippen LogP contribution in [0.2, 0.25) is 0 Å². The number of ether oxygens (including phenoxy) is 2. The standard InChI is InChI=1S/C37H41NO3/c1-36(2,3)41-35(39)38-34(29-30-19-9-4-10-20-30)27-17-8-18-28-40-37(31-21-11-5-12-22-31,32-23-13-6-14-24-32)33-25-15-7-16-26-33/h4-7,9-17,19-27,34H,8,18,28-29H2,1-3H3,(H,38,39)/b27-17-. The normalized spacial score (nSPS) is 12.7. The van der Waals surface area contributed by atoms with Gasteiger partial charge in [-0.1, -0.05) is 133 Å². The van der Waals surface area contributed by atoms with Crippen LogP contribution in [-0.4, -0.2) is 24.3 Å². The van der Waals surface area contributed by atoms with Crippen molar-refractivity contribution in [1.82, 2.24) is 5.32 Å². The molecule has 1 amide bonds. The molecule has 0 aliphatic carbocycles. The van der Waals surface area contributed by atoms with Gasteiger partial charge in [0.1, 0.15) is 11.2 Å². The third-order valence-electron chi connectivity index (χ3n) is 6.74. The van der Waals surface area contributed by atoms with E-state index in [1.165, 1.54) is 0 Å². The van der Waals surface area contributed by atoms with Gasteiger partial charge in [-0.15, -0.1) is 0 Å². The van der Waals surface area contributed by atoms with Crippen LogP contribution in [0.15, 0.2) is 133 Å². The topological polar surface area (TPSA) is 47.6 Å². The van der Waals surface area contributed by atoms with Gasteiger partial charge in [0.15, 0.2) is 0 Å². The summed E-state index contributed by atoms with van der Waals surface area (Å²) >= 11 is 0. The van der Waals surface area contributed by atoms with Crippen LogP contribution in [0.25, 0.3) is 0 Å². The molecule has 0 aromatic heterocycles. The number of benzene rings is 4. The van der Waals surface area contributed by atoms with Crippen LogP contribution < -0.4 is 5.32 Å². The number of amides is 1. The molecule has 4 nitrogen and oxygen atoms in total. The maximum absolute atomic E-state index is 12.5. The van der Waals surface area contributed by atoms with Crippen molar-refractivity contribution in [3.05, 3.63) is 156 Å². The lowest BCUT2D eigenvalue weighted by atomic mass is 9.80. The van der Waals surface area contributed by atoms with Crippen molar-refractivity contribution in [2.24, 2.45) is 0 Å². The Balaban J connectivity index is 1.47. The van der Waals surface area contributed by atoms with Crippen molar-refractivity contribution in [2.75, 3.05) is 6.61 Å². The van der Waals surface area contributed by atoms with E-state index in [9.17, 15) is 4.79 Å². The van der Waals surface area contributed by atoms with E-state index < -0.39 is 17.3 Å². The van der Waals surface area contributed by atoms with Gasteiger partial charge in [-0.3, -0.25) is 0 Å². The minimum atomic E-state index is -0.721. The summed E-state index contributed by atoms with van der Waals surface area (Å²) in [6.07, 6.45) is 6.11. The Morgan fingerprint density at radius 2 is 1.20 bits per heavy atom. The van der Waals surface area contributed by atoms with Crippen molar-refractivity contribution in [3.8, 4) is 0 Å². The lowest BCUT2D eigenvalue weighted by Crippen LogP contribution is -2.39. The molecule has 4 heteroatoms. The lowest BCUT2D eigenvalue weighted by Gasteiger charge is -2.36. The Morgan fingerprint density at radius 3 is 1.66 bits per heavy atom. The van der Waals surface area contributed by atoms with E-state index in [0.717, 1.165) is 35.1 Å². The fourth-order valence-corrected chi connectivity index (χ4v) is 4.95. The Hall–Kier alpha value is -4.15. The molecule has 4 aromatic rings. The van der Waals surface area contributed by atoms with Crippen LogP contribution in [-0.2, 0) is 21.5 Å². The number of alkyl carbamates (subject to hydrolysis) is 1. The highest BCUT2D eigenvalue weighted by atomic mass is 16.6. The van der Waals surface area contributed by atoms with Crippen molar-refractivity contribution < 1.29 is 14.3 Å². The number of hydrogen-bond donors (Lipinski definition) is 1. The number of rotatable bonds is 12. The zero-order chi connectivity index (χ0) is 29.0. The lowest BCUT2D eigenvalue weighted by molar-refractivity contribution is 0.0119. The van der Waals surface area contributed by atoms with E-state index in [4.69, 9.17) is 9.47 Å². The quantitative estimate of drug-likeness (QED) is 0.110. The van der Waals surface area contributed by atoms with Gasteiger partial charge in [0.05, 0.1) is 6.04 Å². The summed E-state index contributed by atoms with van der Waals surface area (Å²) in [5.41, 5.74) is 3.17. The van der Waals surface area contributed by atoms with Gasteiger partial charge in [-0.2, -0.15) is 0 Å². The summed E-state index contributed by atoms with van der Waals surface area (Å²) < 4.78 is 12.4. The van der Waals surface area contributed by atoms with E-state index in [1.807, 2.05) is 57.2 Å². The number of carbonyl (C=O) groups excluding carboxylic acids is 1. The molecule has 1 unspecified atom stereocenters. The van der Waals surface area contributed by atoms with Crippen LogP contribution >= 0.6 is 0 Å². The van der Waals surface area contributed by atoms with Gasteiger partial charge in [0.2, 0.25) is 0 Å². The summed E-state index contributed by atoms with van der Waals surface area (Å²) in [5.74, 6) is 0. The minimum Gasteiger partial charge on any atom is -0.444 e. The molecule has 212 valence electrons. The molecule has 0 radical (unpaired) electrons. The number of allylic oxidation sites excluding steroid dienone is 1. The number of unbranched alkanes of at least 4 members (excludes halogenated alkanes) is 1. The van der Waals surface area contributed by atoms with Gasteiger partial charge in [0.25, 0.3) is 0 Å². The summed E-state index contributed by atoms with van der Waals surface area (Å²) in [7, 11) is 0. The second-order valence-electron chi connectivity index (χ2n) is 11.1. The first-order valence-electron chi connectivity index (χ1n) is 14.4. The maximum atomic E-state index is 12.5. The monoisotopic (exact) mass is 547 g/mol. The predicted octanol–water partition coefficient (Wildman–Crippen LogP) is 8.47. The number of hydrogen-bond acceptors (Lipinski definition) is 3. The third-order valence-corrected chi connectivity index (χ3v) is 6.74. The molecular weight excluding hydrogens is 506 g/mol. The second-order valence-corrected chi connectivity index (χ2v) is 11.1. The molecule has 1 N–H and O–H groups in total. The second kappa shape index (κ2) is 14.5. The Bertz CT molecular complexity index is 1250. The molecule has 0 heterocycles. The summed E-state index contributed by atoms with van der Waals surface area (Å²) in [4.78, 5) is 12.5. The van der Waals surface area contributed by atoms with E-state index in [0.29, 0.717) is 13.0 Å². The number of carbonyl (C=O) groups is 1. The average molecular weight is 548 g/mol. The van der Waals surface area contributed by atoms with Gasteiger partial charge in [-0.25, -0.2) is 4.79 Å². The molecular formula is C37H41NO3. The molecule has 0 aliphatic heterocycles. The molecule has 0 spiro atoms. The van der Waals surface area contributed by atoms with E-state index in [-0.39, 0.29) is 6.04 Å². The average Bonchev–Trinajstić information content (AvgIpc) is 2.98. The molecule has 0 saturated carbocycles. The molecule has 4 aromatic carbocycles. The van der Waals surface area contributed by atoms with E-state index in [2.05, 4.69) is 102 Å². The highest BCUT2D eigenvalue weighted by Gasteiger charge is 2.37. The fourth-order valence-electron chi connectivity index (χ4n) is 4.95. The molecule has 41 heavy (non-hydrogen) atoms. The third kappa shape index (κ3) is 8.67. The first-order valence-corrected chi connectivity index (χ1v) is 14.4. The van der Waals surface area contributed by atoms with Gasteiger partial charge < -0.3 is 14.8 Å². The molecule has 1 atom stereocenters. The van der Waals surface area contributed by atoms with Crippen LogP contribution in [0.1, 0.15) is 55.9 Å². The van der Waals surface area contributed by atoms with Gasteiger partial charge in [0, 0.05) is 6.61 Å². The molecule has 0 saturated heterocycles. The zero-order valence-electron chi connectivity index (χ0n) is 24.3. The van der Waals surface area contributed by atoms with Crippen molar-refractivity contribution in [3.63, 3.8) is 0 Å². The summed E-state index contributed by atoms with van der Waals surface area (Å²) in [6, 6.07) is 41.3. The van der Waals surface area contributed by atoms with Gasteiger partial charge >= 0.3 is 6.09 Å². The largest absolute Gasteiger partial charge is 0.444 e. The van der Waals surface area contributed by atoms with Crippen LogP contribution in [0.5, 0.6) is 0 Å². The fraction of sp³-hybridized carbons (Fsp3) is 0.270. The first-order chi connectivity index (χ1) is 19.9. The van der Waals surface area contributed by atoms with Crippen molar-refractivity contribution >= 4 is 6.09 Å². The predicted molar refractivity (Wildman–Crippen MR) is 167 cm³/mol. The van der Waals surface area contributed by atoms with Crippen LogP contribution in [0.4, 0.5) is 4.79 Å². The maximum Gasteiger partial charge on any atom is 0.408 e. The summed E-state index contributed by atoms with van der Waals surface area (Å²) in [5, 5.41) is 3.02. The molecule has 0 aliphatic rings. The minimum absolute atomic E-state index is 0.176. The number of nitrogens with one attached hydrogen (secondary N) is 1. The smallest absolute Gasteiger partial charge is 0.408 e. The van der Waals surface area contributed by atoms with Gasteiger partial charge in [-0.05, 0) is 62.3 Å². The SMILES string of the molecule is CC(C)(C)OC(=O)NC(/C=C\CCCOC(c1ccccc1)(c1ccccc1)c1ccccc1)Cc1ccccc1. The Labute approximate surface area is 245 Å². The highest BCUT2D eigenvalue weighted by molar-refractivity contribution is 5.68. The summed E-state index contributed by atoms with van der Waals surface area (Å²) in [6.45, 7) is 6.17. The highest BCUT2D eigenvalue weighted by Crippen LogP contribution is 2.40. The first kappa shape index (κ1) is 29.8. The Kier molecular flexibility index (Phi) is 10.5. The molecule has 4 rings (SSSR count).